The zero-order chi connectivity index (χ0) is 11.8. The Kier molecular flexibility index (Phi) is 2.92. The molecule has 1 saturated heterocycles. The van der Waals surface area contributed by atoms with Crippen LogP contribution in [-0.2, 0) is 4.74 Å². The van der Waals surface area contributed by atoms with Crippen molar-refractivity contribution in [3.05, 3.63) is 16.5 Å². The average molecular weight is 254 g/mol. The van der Waals surface area contributed by atoms with Crippen LogP contribution in [0.3, 0.4) is 0 Å². The Balaban J connectivity index is 1.95. The van der Waals surface area contributed by atoms with E-state index in [1.165, 1.54) is 12.8 Å². The van der Waals surface area contributed by atoms with E-state index in [9.17, 15) is 0 Å². The molecule has 0 N–H and O–H groups in total. The van der Waals surface area contributed by atoms with Crippen LogP contribution in [-0.4, -0.2) is 36.3 Å². The van der Waals surface area contributed by atoms with Gasteiger partial charge in [-0.05, 0) is 19.8 Å². The molecule has 1 saturated carbocycles. The van der Waals surface area contributed by atoms with Crippen molar-refractivity contribution in [2.75, 3.05) is 31.2 Å². The summed E-state index contributed by atoms with van der Waals surface area (Å²) in [5, 5.41) is 0.600. The highest BCUT2D eigenvalue weighted by molar-refractivity contribution is 6.30. The number of aromatic nitrogens is 2. The standard InChI is InChI=1S/C12H16ClN3O/c1-8-10(13)14-11(9-2-3-9)15-12(8)16-4-6-17-7-5-16/h9H,2-7H2,1H3. The summed E-state index contributed by atoms with van der Waals surface area (Å²) in [6, 6.07) is 0. The third-order valence-electron chi connectivity index (χ3n) is 3.33. The van der Waals surface area contributed by atoms with Crippen molar-refractivity contribution in [1.29, 1.82) is 0 Å². The number of anilines is 1. The van der Waals surface area contributed by atoms with Gasteiger partial charge in [-0.2, -0.15) is 0 Å². The zero-order valence-electron chi connectivity index (χ0n) is 9.95. The van der Waals surface area contributed by atoms with Gasteiger partial charge in [0.15, 0.2) is 0 Å². The zero-order valence-corrected chi connectivity index (χ0v) is 10.7. The second-order valence-electron chi connectivity index (χ2n) is 4.69. The molecule has 2 heterocycles. The van der Waals surface area contributed by atoms with Crippen molar-refractivity contribution in [2.45, 2.75) is 25.7 Å². The van der Waals surface area contributed by atoms with E-state index >= 15 is 0 Å². The molecule has 4 nitrogen and oxygen atoms in total. The first-order valence-electron chi connectivity index (χ1n) is 6.12. The van der Waals surface area contributed by atoms with Gasteiger partial charge in [0, 0.05) is 24.6 Å². The minimum Gasteiger partial charge on any atom is -0.378 e. The first-order chi connectivity index (χ1) is 8.25. The van der Waals surface area contributed by atoms with Gasteiger partial charge in [-0.15, -0.1) is 0 Å². The van der Waals surface area contributed by atoms with E-state index in [0.29, 0.717) is 11.1 Å². The van der Waals surface area contributed by atoms with Crippen LogP contribution in [0.2, 0.25) is 5.15 Å². The second kappa shape index (κ2) is 4.42. The normalized spacial score (nSPS) is 20.7. The first-order valence-corrected chi connectivity index (χ1v) is 6.50. The van der Waals surface area contributed by atoms with E-state index in [1.54, 1.807) is 0 Å². The quantitative estimate of drug-likeness (QED) is 0.757. The smallest absolute Gasteiger partial charge is 0.137 e. The number of ether oxygens (including phenoxy) is 1. The van der Waals surface area contributed by atoms with Crippen LogP contribution in [0.25, 0.3) is 0 Å². The number of rotatable bonds is 2. The molecule has 0 spiro atoms. The Hall–Kier alpha value is -0.870. The molecule has 17 heavy (non-hydrogen) atoms. The fourth-order valence-electron chi connectivity index (χ4n) is 2.10. The second-order valence-corrected chi connectivity index (χ2v) is 5.05. The Bertz CT molecular complexity index is 428. The van der Waals surface area contributed by atoms with E-state index in [0.717, 1.165) is 43.5 Å². The minimum atomic E-state index is 0.535. The molecule has 1 aromatic rings. The highest BCUT2D eigenvalue weighted by Gasteiger charge is 2.29. The predicted octanol–water partition coefficient (Wildman–Crippen LogP) is 2.15. The van der Waals surface area contributed by atoms with E-state index in [2.05, 4.69) is 9.88 Å². The molecule has 0 bridgehead atoms. The number of hydrogen-bond donors (Lipinski definition) is 0. The third-order valence-corrected chi connectivity index (χ3v) is 3.70. The van der Waals surface area contributed by atoms with E-state index in [4.69, 9.17) is 21.3 Å². The van der Waals surface area contributed by atoms with Crippen LogP contribution >= 0.6 is 11.6 Å². The van der Waals surface area contributed by atoms with Gasteiger partial charge in [-0.25, -0.2) is 9.97 Å². The predicted molar refractivity (Wildman–Crippen MR) is 66.8 cm³/mol. The Labute approximate surface area is 106 Å². The molecule has 1 aliphatic carbocycles. The third kappa shape index (κ3) is 2.24. The molecule has 0 amide bonds. The van der Waals surface area contributed by atoms with Crippen LogP contribution in [0.1, 0.15) is 30.1 Å². The first kappa shape index (κ1) is 11.2. The summed E-state index contributed by atoms with van der Waals surface area (Å²) in [6.07, 6.45) is 2.39. The van der Waals surface area contributed by atoms with E-state index in [-0.39, 0.29) is 0 Å². The molecular formula is C12H16ClN3O. The highest BCUT2D eigenvalue weighted by Crippen LogP contribution is 2.39. The van der Waals surface area contributed by atoms with Gasteiger partial charge < -0.3 is 9.64 Å². The SMILES string of the molecule is Cc1c(Cl)nc(C2CC2)nc1N1CCOCC1. The number of morpholine rings is 1. The molecule has 3 rings (SSSR count). The number of halogens is 1. The van der Waals surface area contributed by atoms with Crippen molar-refractivity contribution in [2.24, 2.45) is 0 Å². The number of nitrogens with zero attached hydrogens (tertiary/aromatic N) is 3. The summed E-state index contributed by atoms with van der Waals surface area (Å²) in [6.45, 7) is 5.29. The molecular weight excluding hydrogens is 238 g/mol. The molecule has 0 radical (unpaired) electrons. The lowest BCUT2D eigenvalue weighted by Gasteiger charge is -2.29. The van der Waals surface area contributed by atoms with Gasteiger partial charge in [-0.3, -0.25) is 0 Å². The van der Waals surface area contributed by atoms with Gasteiger partial charge in [0.2, 0.25) is 0 Å². The highest BCUT2D eigenvalue weighted by atomic mass is 35.5. The van der Waals surface area contributed by atoms with Crippen molar-refractivity contribution < 1.29 is 4.74 Å². The summed E-state index contributed by atoms with van der Waals surface area (Å²) in [7, 11) is 0. The van der Waals surface area contributed by atoms with Crippen LogP contribution in [0.5, 0.6) is 0 Å². The van der Waals surface area contributed by atoms with Crippen molar-refractivity contribution >= 4 is 17.4 Å². The van der Waals surface area contributed by atoms with Crippen molar-refractivity contribution in [3.8, 4) is 0 Å². The molecule has 0 aromatic carbocycles. The summed E-state index contributed by atoms with van der Waals surface area (Å²) >= 11 is 6.20. The van der Waals surface area contributed by atoms with Gasteiger partial charge in [0.25, 0.3) is 0 Å². The van der Waals surface area contributed by atoms with Crippen LogP contribution in [0.15, 0.2) is 0 Å². The summed E-state index contributed by atoms with van der Waals surface area (Å²) < 4.78 is 5.36. The van der Waals surface area contributed by atoms with Crippen molar-refractivity contribution in [1.82, 2.24) is 9.97 Å². The van der Waals surface area contributed by atoms with Gasteiger partial charge in [0.05, 0.1) is 13.2 Å². The van der Waals surface area contributed by atoms with Gasteiger partial charge >= 0.3 is 0 Å². The lowest BCUT2D eigenvalue weighted by atomic mass is 10.2. The fraction of sp³-hybridized carbons (Fsp3) is 0.667. The van der Waals surface area contributed by atoms with E-state index < -0.39 is 0 Å². The molecule has 2 aliphatic rings. The maximum Gasteiger partial charge on any atom is 0.137 e. The minimum absolute atomic E-state index is 0.535. The maximum atomic E-state index is 6.20. The Morgan fingerprint density at radius 1 is 1.24 bits per heavy atom. The fourth-order valence-corrected chi connectivity index (χ4v) is 2.27. The molecule has 0 unspecified atom stereocenters. The molecule has 0 atom stereocenters. The topological polar surface area (TPSA) is 38.2 Å². The van der Waals surface area contributed by atoms with Crippen LogP contribution in [0.4, 0.5) is 5.82 Å². The molecule has 92 valence electrons. The summed E-state index contributed by atoms with van der Waals surface area (Å²) in [5.41, 5.74) is 0.984. The molecule has 1 aromatic heterocycles. The van der Waals surface area contributed by atoms with Gasteiger partial charge in [0.1, 0.15) is 16.8 Å². The Morgan fingerprint density at radius 3 is 2.59 bits per heavy atom. The van der Waals surface area contributed by atoms with Crippen molar-refractivity contribution in [3.63, 3.8) is 0 Å². The molecule has 5 heteroatoms. The van der Waals surface area contributed by atoms with Gasteiger partial charge in [-0.1, -0.05) is 11.6 Å². The van der Waals surface area contributed by atoms with Crippen LogP contribution in [0, 0.1) is 6.92 Å². The summed E-state index contributed by atoms with van der Waals surface area (Å²) in [5.74, 6) is 2.45. The lowest BCUT2D eigenvalue weighted by molar-refractivity contribution is 0.122. The van der Waals surface area contributed by atoms with E-state index in [1.807, 2.05) is 6.92 Å². The monoisotopic (exact) mass is 253 g/mol. The number of hydrogen-bond acceptors (Lipinski definition) is 4. The average Bonchev–Trinajstić information content (AvgIpc) is 3.18. The van der Waals surface area contributed by atoms with Crippen LogP contribution < -0.4 is 4.90 Å². The molecule has 1 aliphatic heterocycles. The summed E-state index contributed by atoms with van der Waals surface area (Å²) in [4.78, 5) is 11.3. The maximum absolute atomic E-state index is 6.20. The Morgan fingerprint density at radius 2 is 1.94 bits per heavy atom. The molecule has 2 fully saturated rings. The lowest BCUT2D eigenvalue weighted by Crippen LogP contribution is -2.37. The largest absolute Gasteiger partial charge is 0.378 e.